The molecule has 0 saturated heterocycles. The number of likely N-dealkylation sites (N-methyl/N-ethyl adjacent to an activating group) is 1. The Hall–Kier alpha value is -11.8. The van der Waals surface area contributed by atoms with Gasteiger partial charge in [-0.05, 0) is 214 Å². The van der Waals surface area contributed by atoms with Crippen molar-refractivity contribution < 1.29 is 61.3 Å². The quantitative estimate of drug-likeness (QED) is 0.131. The first-order chi connectivity index (χ1) is 67.8. The minimum atomic E-state index is -0.299. The summed E-state index contributed by atoms with van der Waals surface area (Å²) >= 11 is 0. The number of nitrogens with one attached hydrogen (secondary N) is 3. The van der Waals surface area contributed by atoms with E-state index in [-0.39, 0.29) is 102 Å². The number of hydrogen-bond donors (Lipinski definition) is 3. The van der Waals surface area contributed by atoms with Gasteiger partial charge in [-0.3, -0.25) is 9.59 Å². The van der Waals surface area contributed by atoms with Gasteiger partial charge in [-0.1, -0.05) is 312 Å². The Kier molecular flexibility index (Phi) is 37.4. The minimum Gasteiger partial charge on any atom is -0.490 e. The first-order valence-corrected chi connectivity index (χ1v) is 52.1. The summed E-state index contributed by atoms with van der Waals surface area (Å²) in [6, 6.07) is 78.0. The van der Waals surface area contributed by atoms with Crippen molar-refractivity contribution in [1.82, 2.24) is 10.2 Å². The van der Waals surface area contributed by atoms with Gasteiger partial charge in [0.1, 0.15) is 91.5 Å². The number of hydrogen-bond acceptors (Lipinski definition) is 16. The van der Waals surface area contributed by atoms with E-state index in [2.05, 4.69) is 314 Å². The van der Waals surface area contributed by atoms with Crippen molar-refractivity contribution in [2.75, 3.05) is 73.5 Å². The molecule has 0 radical (unpaired) electrons. The highest BCUT2D eigenvalue weighted by atomic mass is 19.1. The molecule has 10 aromatic carbocycles. The number of amides is 2. The van der Waals surface area contributed by atoms with Crippen molar-refractivity contribution in [3.05, 3.63) is 294 Å². The van der Waals surface area contributed by atoms with Crippen LogP contribution >= 0.6 is 0 Å². The van der Waals surface area contributed by atoms with Crippen LogP contribution in [-0.2, 0) is 37.0 Å². The third-order valence-corrected chi connectivity index (χ3v) is 27.5. The van der Waals surface area contributed by atoms with Crippen LogP contribution in [0.3, 0.4) is 0 Å². The van der Waals surface area contributed by atoms with E-state index in [1.54, 1.807) is 6.07 Å². The molecule has 20 rings (SSSR count). The highest BCUT2D eigenvalue weighted by molar-refractivity contribution is 5.98. The van der Waals surface area contributed by atoms with Gasteiger partial charge in [-0.2, -0.15) is 0 Å². The van der Waals surface area contributed by atoms with Gasteiger partial charge in [0, 0.05) is 75.3 Å². The first-order valence-electron chi connectivity index (χ1n) is 52.1. The molecule has 10 aliphatic heterocycles. The number of para-hydroxylation sites is 11. The predicted octanol–water partition coefficient (Wildman–Crippen LogP) is 29.3. The van der Waals surface area contributed by atoms with Crippen molar-refractivity contribution in [2.45, 2.75) is 306 Å². The minimum absolute atomic E-state index is 0.00991. The molecule has 0 saturated carbocycles. The smallest absolute Gasteiger partial charge is 0.254 e. The number of fused-ring (bicyclic) bond motifs is 10. The number of carbonyl (C=O) groups is 2. The average molecular weight is 1980 g/mol. The van der Waals surface area contributed by atoms with E-state index >= 15 is 0 Å². The lowest BCUT2D eigenvalue weighted by atomic mass is 9.80. The van der Waals surface area contributed by atoms with Crippen molar-refractivity contribution in [2.24, 2.45) is 43.3 Å². The highest BCUT2D eigenvalue weighted by Crippen LogP contribution is 2.45. The summed E-state index contributed by atoms with van der Waals surface area (Å²) in [5, 5.41) is 9.98. The fourth-order valence-corrected chi connectivity index (χ4v) is 17.8. The van der Waals surface area contributed by atoms with Crippen LogP contribution < -0.4 is 68.4 Å². The summed E-state index contributed by atoms with van der Waals surface area (Å²) in [5.41, 5.74) is 15.0. The summed E-state index contributed by atoms with van der Waals surface area (Å²) in [5.74, 6) is 7.74. The van der Waals surface area contributed by atoms with E-state index in [0.29, 0.717) is 49.6 Å². The zero-order valence-electron chi connectivity index (χ0n) is 93.2. The van der Waals surface area contributed by atoms with Crippen molar-refractivity contribution in [3.63, 3.8) is 0 Å². The molecule has 10 aliphatic rings. The summed E-state index contributed by atoms with van der Waals surface area (Å²) in [4.78, 5) is 30.5. The van der Waals surface area contributed by atoms with Crippen LogP contribution in [0.1, 0.15) is 263 Å². The molecule has 2 amide bonds. The number of halogens is 1. The molecule has 0 spiro atoms. The van der Waals surface area contributed by atoms with E-state index in [1.165, 1.54) is 45.6 Å². The molecule has 0 fully saturated rings. The van der Waals surface area contributed by atoms with Gasteiger partial charge in [0.2, 0.25) is 0 Å². The van der Waals surface area contributed by atoms with Gasteiger partial charge < -0.3 is 78.0 Å². The van der Waals surface area contributed by atoms with E-state index in [9.17, 15) is 14.0 Å². The van der Waals surface area contributed by atoms with E-state index in [4.69, 9.17) is 47.4 Å². The number of benzene rings is 10. The molecule has 145 heavy (non-hydrogen) atoms. The molecule has 10 aromatic rings. The highest BCUT2D eigenvalue weighted by Gasteiger charge is 2.40. The Bertz CT molecular complexity index is 5510. The topological polar surface area (TPSA) is 172 Å². The van der Waals surface area contributed by atoms with Gasteiger partial charge in [0.15, 0.2) is 23.0 Å². The Morgan fingerprint density at radius 1 is 0.338 bits per heavy atom. The third-order valence-electron chi connectivity index (χ3n) is 27.5. The number of anilines is 4. The largest absolute Gasteiger partial charge is 0.490 e. The molecular formula is C126H171FN6O12. The zero-order valence-corrected chi connectivity index (χ0v) is 93.2. The van der Waals surface area contributed by atoms with E-state index in [1.807, 2.05) is 157 Å². The summed E-state index contributed by atoms with van der Waals surface area (Å²) < 4.78 is 70.9. The first kappa shape index (κ1) is 113. The van der Waals surface area contributed by atoms with Gasteiger partial charge >= 0.3 is 0 Å². The molecule has 8 unspecified atom stereocenters. The second-order valence-electron chi connectivity index (χ2n) is 50.0. The van der Waals surface area contributed by atoms with Crippen LogP contribution in [0.4, 0.5) is 27.1 Å². The number of carbonyl (C=O) groups excluding carboxylic acids is 2. The summed E-state index contributed by atoms with van der Waals surface area (Å²) in [6.45, 7) is 75.4. The zero-order chi connectivity index (χ0) is 106. The van der Waals surface area contributed by atoms with Gasteiger partial charge in [0.05, 0.1) is 54.6 Å². The Balaban J connectivity index is 0.000000153. The maximum atomic E-state index is 13.0. The van der Waals surface area contributed by atoms with Gasteiger partial charge in [-0.15, -0.1) is 0 Å². The third kappa shape index (κ3) is 32.1. The Morgan fingerprint density at radius 2 is 0.786 bits per heavy atom. The van der Waals surface area contributed by atoms with Crippen molar-refractivity contribution in [3.8, 4) is 51.7 Å². The van der Waals surface area contributed by atoms with Crippen LogP contribution in [0.15, 0.2) is 249 Å². The van der Waals surface area contributed by atoms with E-state index < -0.39 is 0 Å². The molecule has 3 N–H and O–H groups in total. The van der Waals surface area contributed by atoms with Gasteiger partial charge in [0.25, 0.3) is 11.8 Å². The van der Waals surface area contributed by atoms with Crippen molar-refractivity contribution >= 4 is 34.6 Å². The lowest BCUT2D eigenvalue weighted by Crippen LogP contribution is -2.49. The SMILES string of the molecule is C=C1COc2ccccc2N1C(C)(C)C.CC(C)(C)C1CCc2ccccc2O1.CC(C)(C)C1CNc2ccccc2O1.CC(C)(C)C1COc2ccc(F)cc2O1.CC(C)(C)C1COc2ccccc2N1.CC(C)(C)C1COc2ccccc2O1.CC(C)(C)C1Cc2ccccc2C(=O)N1.CC(C)(C)C1Cc2ccccc2CO1.CC(C)(C)N1CCc2ccccc2C1=O.CN1CC(C(C)(C)C)Oc2ccccc21. The predicted molar refractivity (Wildman–Crippen MR) is 595 cm³/mol. The lowest BCUT2D eigenvalue weighted by Gasteiger charge is -2.42. The molecular weight excluding hydrogens is 1810 g/mol. The normalized spacial score (nSPS) is 19.9. The van der Waals surface area contributed by atoms with Gasteiger partial charge in [-0.25, -0.2) is 4.39 Å². The standard InChI is InChI=1S/C13H19NO.3C13H17NO.2C13H18O.C12H15FO2.2C12H17NO.C12H16O2/c1-13(2,3)12-9-14(4)10-7-5-6-8-11(10)15-12;1-10-9-15-12-8-6-5-7-11(12)14(10)13(2,3)4;1-13(2,3)14-9-8-10-6-4-5-7-11(10)12(14)15;1-13(2,3)11-8-9-6-4-5-7-10(9)12(15)14-11;1-13(2,3)12-8-10-6-4-5-7-11(10)9-14-12;1-13(2,3)12-9-8-10-6-4-5-7-11(10)14-12;1-12(2,3)11-7-14-9-5-4-8(13)6-10(9)15-11;1-12(2,3)11-8-14-10-7-5-4-6-9(10)13-11;2*1-12(2,3)11-8-13-9-6-4-5-7-10(9)14-11/h5-8,12H,9H2,1-4H3;5-8H,1,9H2,2-4H3;4-7H,8-9H2,1-3H3;4-7,11H,8H2,1-3H3,(H,14,15);2*4-7,12H,8-9H2,1-3H3;4-6,11H,7H2,1-3H3;2*4-7,11,13H,8H2,1-3H3;4-7,11H,8H2,1-3H3. The molecule has 0 aromatic heterocycles. The van der Waals surface area contributed by atoms with E-state index in [0.717, 1.165) is 139 Å². The number of aryl methyl sites for hydroxylation is 1. The Labute approximate surface area is 869 Å². The number of rotatable bonds is 0. The van der Waals surface area contributed by atoms with Crippen molar-refractivity contribution in [1.29, 1.82) is 0 Å². The maximum absolute atomic E-state index is 13.0. The molecule has 19 heteroatoms. The second-order valence-corrected chi connectivity index (χ2v) is 50.0. The fraction of sp³-hybridized carbons (Fsp3) is 0.492. The van der Waals surface area contributed by atoms with Crippen LogP contribution in [-0.4, -0.2) is 130 Å². The number of nitrogens with zero attached hydrogens (tertiary/aromatic N) is 3. The Morgan fingerprint density at radius 3 is 1.37 bits per heavy atom. The van der Waals surface area contributed by atoms with Crippen LogP contribution in [0.2, 0.25) is 0 Å². The summed E-state index contributed by atoms with van der Waals surface area (Å²) in [6.07, 6.45) is 6.58. The molecule has 0 aliphatic carbocycles. The molecule has 18 nitrogen and oxygen atoms in total. The fourth-order valence-electron chi connectivity index (χ4n) is 17.8. The van der Waals surface area contributed by atoms with Crippen LogP contribution in [0.25, 0.3) is 0 Å². The average Bonchev–Trinajstić information content (AvgIpc) is 0.786. The summed E-state index contributed by atoms with van der Waals surface area (Å²) in [7, 11) is 2.13. The monoisotopic (exact) mass is 1980 g/mol. The molecule has 784 valence electrons. The second kappa shape index (κ2) is 47.8. The molecule has 10 heterocycles. The maximum Gasteiger partial charge on any atom is 0.254 e. The van der Waals surface area contributed by atoms with Crippen LogP contribution in [0, 0.1) is 49.1 Å². The van der Waals surface area contributed by atoms with Crippen LogP contribution in [0.5, 0.6) is 51.7 Å². The lowest BCUT2D eigenvalue weighted by molar-refractivity contribution is -0.0375. The number of ether oxygens (including phenoxy) is 10. The molecule has 8 atom stereocenters. The molecule has 0 bridgehead atoms.